The molecule has 0 amide bonds. The second-order valence-corrected chi connectivity index (χ2v) is 5.21. The van der Waals surface area contributed by atoms with Crippen molar-refractivity contribution in [3.63, 3.8) is 0 Å². The summed E-state index contributed by atoms with van der Waals surface area (Å²) < 4.78 is 10.2. The average molecular weight is 316 g/mol. The Morgan fingerprint density at radius 2 is 1.13 bits per heavy atom. The molecule has 6 nitrogen and oxygen atoms in total. The van der Waals surface area contributed by atoms with Crippen LogP contribution in [0.25, 0.3) is 0 Å². The Morgan fingerprint density at radius 1 is 0.783 bits per heavy atom. The first-order chi connectivity index (χ1) is 10.8. The van der Waals surface area contributed by atoms with Crippen LogP contribution in [0.2, 0.25) is 0 Å². The number of carbonyl (C=O) groups is 2. The maximum Gasteiger partial charge on any atom is 0.345 e. The topological polar surface area (TPSA) is 93.1 Å². The first-order valence-electron chi connectivity index (χ1n) is 6.83. The SMILES string of the molecule is CC(C)(OC(=O)c1ccccc1O)OC(=O)c1ccccc1O. The second kappa shape index (κ2) is 6.39. The Labute approximate surface area is 132 Å². The lowest BCUT2D eigenvalue weighted by molar-refractivity contribution is -0.143. The highest BCUT2D eigenvalue weighted by Gasteiger charge is 2.30. The number of rotatable bonds is 4. The largest absolute Gasteiger partial charge is 0.507 e. The third-order valence-corrected chi connectivity index (χ3v) is 2.92. The first kappa shape index (κ1) is 16.4. The standard InChI is InChI=1S/C17H16O6/c1-17(2,22-15(20)11-7-3-5-9-13(11)18)23-16(21)12-8-4-6-10-14(12)19/h3-10,18-19H,1-2H3. The van der Waals surface area contributed by atoms with E-state index in [-0.39, 0.29) is 22.6 Å². The molecule has 0 fully saturated rings. The fourth-order valence-electron chi connectivity index (χ4n) is 1.87. The predicted octanol–water partition coefficient (Wildman–Crippen LogP) is 2.85. The summed E-state index contributed by atoms with van der Waals surface area (Å²) in [5, 5.41) is 19.3. The zero-order valence-electron chi connectivity index (χ0n) is 12.6. The van der Waals surface area contributed by atoms with Crippen LogP contribution in [-0.4, -0.2) is 27.9 Å². The van der Waals surface area contributed by atoms with Gasteiger partial charge in [-0.05, 0) is 24.3 Å². The minimum atomic E-state index is -1.58. The first-order valence-corrected chi connectivity index (χ1v) is 6.83. The van der Waals surface area contributed by atoms with Gasteiger partial charge in [-0.3, -0.25) is 0 Å². The number of carbonyl (C=O) groups excluding carboxylic acids is 2. The number of hydrogen-bond acceptors (Lipinski definition) is 6. The maximum absolute atomic E-state index is 12.0. The number of phenolic OH excluding ortho intramolecular Hbond substituents is 2. The number of ether oxygens (including phenoxy) is 2. The summed E-state index contributed by atoms with van der Waals surface area (Å²) in [6.45, 7) is 2.76. The molecular formula is C17H16O6. The molecule has 0 saturated heterocycles. The lowest BCUT2D eigenvalue weighted by Gasteiger charge is -2.25. The van der Waals surface area contributed by atoms with E-state index in [0.717, 1.165) is 0 Å². The van der Waals surface area contributed by atoms with Crippen LogP contribution in [0.15, 0.2) is 48.5 Å². The second-order valence-electron chi connectivity index (χ2n) is 5.21. The number of para-hydroxylation sites is 2. The van der Waals surface area contributed by atoms with E-state index < -0.39 is 17.7 Å². The van der Waals surface area contributed by atoms with Gasteiger partial charge in [-0.2, -0.15) is 0 Å². The highest BCUT2D eigenvalue weighted by Crippen LogP contribution is 2.24. The van der Waals surface area contributed by atoms with Crippen molar-refractivity contribution in [2.24, 2.45) is 0 Å². The van der Waals surface area contributed by atoms with Gasteiger partial charge in [0.25, 0.3) is 5.79 Å². The molecule has 2 aromatic rings. The third-order valence-electron chi connectivity index (χ3n) is 2.92. The number of hydrogen-bond donors (Lipinski definition) is 2. The molecule has 0 aliphatic carbocycles. The Morgan fingerprint density at radius 3 is 1.48 bits per heavy atom. The number of esters is 2. The molecule has 0 aromatic heterocycles. The molecule has 0 bridgehead atoms. The summed E-state index contributed by atoms with van der Waals surface area (Å²) in [4.78, 5) is 24.1. The monoisotopic (exact) mass is 316 g/mol. The molecule has 0 saturated carbocycles. The van der Waals surface area contributed by atoms with E-state index in [1.807, 2.05) is 0 Å². The minimum absolute atomic E-state index is 0.0424. The Bertz CT molecular complexity index is 674. The normalized spacial score (nSPS) is 10.9. The van der Waals surface area contributed by atoms with Crippen molar-refractivity contribution in [2.45, 2.75) is 19.6 Å². The van der Waals surface area contributed by atoms with Gasteiger partial charge in [-0.1, -0.05) is 24.3 Å². The van der Waals surface area contributed by atoms with Gasteiger partial charge >= 0.3 is 11.9 Å². The summed E-state index contributed by atoms with van der Waals surface area (Å²) in [6.07, 6.45) is 0. The Kier molecular flexibility index (Phi) is 4.55. The van der Waals surface area contributed by atoms with Crippen LogP contribution in [0.3, 0.4) is 0 Å². The molecule has 6 heteroatoms. The van der Waals surface area contributed by atoms with Crippen LogP contribution in [-0.2, 0) is 9.47 Å². The van der Waals surface area contributed by atoms with Gasteiger partial charge in [0.2, 0.25) is 0 Å². The highest BCUT2D eigenvalue weighted by atomic mass is 16.7. The van der Waals surface area contributed by atoms with Gasteiger partial charge in [-0.25, -0.2) is 9.59 Å². The van der Waals surface area contributed by atoms with Crippen molar-refractivity contribution in [2.75, 3.05) is 0 Å². The van der Waals surface area contributed by atoms with Crippen molar-refractivity contribution in [1.29, 1.82) is 0 Å². The van der Waals surface area contributed by atoms with Gasteiger partial charge in [0, 0.05) is 13.8 Å². The number of phenols is 2. The van der Waals surface area contributed by atoms with E-state index in [2.05, 4.69) is 0 Å². The van der Waals surface area contributed by atoms with E-state index in [9.17, 15) is 19.8 Å². The highest BCUT2D eigenvalue weighted by molar-refractivity contribution is 5.94. The molecule has 0 unspecified atom stereocenters. The zero-order chi connectivity index (χ0) is 17.0. The van der Waals surface area contributed by atoms with Crippen molar-refractivity contribution < 1.29 is 29.3 Å². The minimum Gasteiger partial charge on any atom is -0.507 e. The van der Waals surface area contributed by atoms with Crippen LogP contribution in [0.1, 0.15) is 34.6 Å². The third kappa shape index (κ3) is 4.00. The summed E-state index contributed by atoms with van der Waals surface area (Å²) in [5.41, 5.74) is -0.0848. The Balaban J connectivity index is 2.10. The molecular weight excluding hydrogens is 300 g/mol. The van der Waals surface area contributed by atoms with Crippen LogP contribution in [0, 0.1) is 0 Å². The summed E-state index contributed by atoms with van der Waals surface area (Å²) in [7, 11) is 0. The maximum atomic E-state index is 12.0. The van der Waals surface area contributed by atoms with E-state index >= 15 is 0 Å². The molecule has 0 atom stereocenters. The van der Waals surface area contributed by atoms with Crippen molar-refractivity contribution in [3.05, 3.63) is 59.7 Å². The van der Waals surface area contributed by atoms with Gasteiger partial charge in [0.05, 0.1) is 0 Å². The Hall–Kier alpha value is -3.02. The lowest BCUT2D eigenvalue weighted by atomic mass is 10.2. The quantitative estimate of drug-likeness (QED) is 0.665. The molecule has 23 heavy (non-hydrogen) atoms. The van der Waals surface area contributed by atoms with Crippen LogP contribution in [0.5, 0.6) is 11.5 Å². The summed E-state index contributed by atoms with van der Waals surface area (Å²) in [6, 6.07) is 11.7. The summed E-state index contributed by atoms with van der Waals surface area (Å²) in [5.74, 6) is -3.73. The van der Waals surface area contributed by atoms with Gasteiger partial charge in [0.1, 0.15) is 22.6 Å². The predicted molar refractivity (Wildman–Crippen MR) is 81.1 cm³/mol. The fourth-order valence-corrected chi connectivity index (χ4v) is 1.87. The number of benzene rings is 2. The van der Waals surface area contributed by atoms with Crippen LogP contribution < -0.4 is 0 Å². The van der Waals surface area contributed by atoms with Crippen molar-refractivity contribution in [3.8, 4) is 11.5 Å². The van der Waals surface area contributed by atoms with E-state index in [1.165, 1.54) is 38.1 Å². The number of aromatic hydroxyl groups is 2. The smallest absolute Gasteiger partial charge is 0.345 e. The van der Waals surface area contributed by atoms with Gasteiger partial charge < -0.3 is 19.7 Å². The van der Waals surface area contributed by atoms with Gasteiger partial charge in [0.15, 0.2) is 0 Å². The summed E-state index contributed by atoms with van der Waals surface area (Å²) >= 11 is 0. The van der Waals surface area contributed by atoms with Gasteiger partial charge in [-0.15, -0.1) is 0 Å². The van der Waals surface area contributed by atoms with E-state index in [4.69, 9.17) is 9.47 Å². The fraction of sp³-hybridized carbons (Fsp3) is 0.176. The lowest BCUT2D eigenvalue weighted by Crippen LogP contribution is -2.34. The van der Waals surface area contributed by atoms with Crippen LogP contribution in [0.4, 0.5) is 0 Å². The molecule has 0 spiro atoms. The molecule has 120 valence electrons. The molecule has 0 aliphatic heterocycles. The van der Waals surface area contributed by atoms with E-state index in [1.54, 1.807) is 24.3 Å². The zero-order valence-corrected chi connectivity index (χ0v) is 12.6. The molecule has 0 aliphatic rings. The molecule has 0 radical (unpaired) electrons. The molecule has 2 N–H and O–H groups in total. The van der Waals surface area contributed by atoms with E-state index in [0.29, 0.717) is 0 Å². The molecule has 0 heterocycles. The average Bonchev–Trinajstić information content (AvgIpc) is 2.46. The van der Waals surface area contributed by atoms with Crippen LogP contribution >= 0.6 is 0 Å². The molecule has 2 rings (SSSR count). The molecule has 2 aromatic carbocycles. The van der Waals surface area contributed by atoms with Crippen molar-refractivity contribution >= 4 is 11.9 Å². The van der Waals surface area contributed by atoms with Crippen molar-refractivity contribution in [1.82, 2.24) is 0 Å².